The number of aliphatic hydroxyl groups is 1. The molecular formula is C16H25N3O. The normalized spacial score (nSPS) is 22.6. The number of hydrogen-bond acceptors (Lipinski definition) is 4. The zero-order chi connectivity index (χ0) is 13.8. The van der Waals surface area contributed by atoms with Crippen molar-refractivity contribution in [1.29, 1.82) is 0 Å². The van der Waals surface area contributed by atoms with Crippen molar-refractivity contribution in [3.05, 3.63) is 17.6 Å². The fraction of sp³-hybridized carbons (Fsp3) is 0.750. The van der Waals surface area contributed by atoms with Crippen LogP contribution in [0.3, 0.4) is 0 Å². The van der Waals surface area contributed by atoms with Crippen LogP contribution in [0, 0.1) is 0 Å². The molecule has 0 amide bonds. The summed E-state index contributed by atoms with van der Waals surface area (Å²) in [4.78, 5) is 11.6. The fourth-order valence-electron chi connectivity index (χ4n) is 3.67. The Morgan fingerprint density at radius 1 is 1.15 bits per heavy atom. The molecule has 0 aromatic carbocycles. The summed E-state index contributed by atoms with van der Waals surface area (Å²) >= 11 is 0. The molecule has 1 aromatic rings. The molecule has 4 heteroatoms. The van der Waals surface area contributed by atoms with Crippen LogP contribution in [-0.4, -0.2) is 34.3 Å². The number of aromatic nitrogens is 2. The lowest BCUT2D eigenvalue weighted by Gasteiger charge is -2.28. The highest BCUT2D eigenvalue weighted by atomic mass is 16.2. The summed E-state index contributed by atoms with van der Waals surface area (Å²) in [6.45, 7) is 1.41. The van der Waals surface area contributed by atoms with Crippen LogP contribution in [0.5, 0.6) is 0 Å². The zero-order valence-corrected chi connectivity index (χ0v) is 12.2. The number of nitrogens with zero attached hydrogens (tertiary/aromatic N) is 3. The first kappa shape index (κ1) is 13.8. The second kappa shape index (κ2) is 6.53. The summed E-state index contributed by atoms with van der Waals surface area (Å²) in [5, 5.41) is 9.07. The lowest BCUT2D eigenvalue weighted by atomic mass is 10.1. The number of aliphatic hydroxyl groups excluding tert-OH is 1. The van der Waals surface area contributed by atoms with Gasteiger partial charge in [0.05, 0.1) is 0 Å². The standard InChI is InChI=1S/C16H25N3O/c20-11-5-7-13-6-4-10-19(13)16-14-8-2-1-3-9-15(14)17-12-18-16/h12-13,20H,1-11H2. The third-order valence-electron chi connectivity index (χ3n) is 4.70. The first-order valence-electron chi connectivity index (χ1n) is 8.10. The summed E-state index contributed by atoms with van der Waals surface area (Å²) in [6, 6.07) is 0.560. The van der Waals surface area contributed by atoms with Crippen LogP contribution in [0.4, 0.5) is 5.82 Å². The van der Waals surface area contributed by atoms with E-state index in [0.29, 0.717) is 12.6 Å². The molecule has 1 saturated heterocycles. The molecule has 1 N–H and O–H groups in total. The lowest BCUT2D eigenvalue weighted by molar-refractivity contribution is 0.279. The Morgan fingerprint density at radius 3 is 2.95 bits per heavy atom. The molecule has 1 fully saturated rings. The van der Waals surface area contributed by atoms with E-state index in [4.69, 9.17) is 5.11 Å². The molecule has 20 heavy (non-hydrogen) atoms. The molecule has 0 spiro atoms. The highest BCUT2D eigenvalue weighted by Gasteiger charge is 2.28. The Kier molecular flexibility index (Phi) is 4.51. The van der Waals surface area contributed by atoms with Crippen molar-refractivity contribution in [2.75, 3.05) is 18.1 Å². The molecule has 3 rings (SSSR count). The van der Waals surface area contributed by atoms with Crippen molar-refractivity contribution in [1.82, 2.24) is 9.97 Å². The van der Waals surface area contributed by atoms with Crippen molar-refractivity contribution in [3.63, 3.8) is 0 Å². The third kappa shape index (κ3) is 2.80. The quantitative estimate of drug-likeness (QED) is 0.858. The zero-order valence-electron chi connectivity index (χ0n) is 12.2. The monoisotopic (exact) mass is 275 g/mol. The fourth-order valence-corrected chi connectivity index (χ4v) is 3.67. The van der Waals surface area contributed by atoms with Crippen molar-refractivity contribution < 1.29 is 5.11 Å². The van der Waals surface area contributed by atoms with Gasteiger partial charge in [-0.25, -0.2) is 9.97 Å². The van der Waals surface area contributed by atoms with E-state index in [0.717, 1.165) is 32.2 Å². The first-order chi connectivity index (χ1) is 9.90. The smallest absolute Gasteiger partial charge is 0.135 e. The Balaban J connectivity index is 1.85. The average molecular weight is 275 g/mol. The minimum absolute atomic E-state index is 0.298. The van der Waals surface area contributed by atoms with Gasteiger partial charge in [-0.15, -0.1) is 0 Å². The van der Waals surface area contributed by atoms with Crippen molar-refractivity contribution in [3.8, 4) is 0 Å². The Bertz CT molecular complexity index is 449. The average Bonchev–Trinajstić information content (AvgIpc) is 2.80. The van der Waals surface area contributed by atoms with Gasteiger partial charge in [-0.05, 0) is 51.4 Å². The molecule has 0 radical (unpaired) electrons. The maximum absolute atomic E-state index is 9.07. The highest BCUT2D eigenvalue weighted by molar-refractivity contribution is 5.50. The van der Waals surface area contributed by atoms with Gasteiger partial charge in [0.2, 0.25) is 0 Å². The number of anilines is 1. The molecule has 1 aliphatic heterocycles. The van der Waals surface area contributed by atoms with Crippen LogP contribution < -0.4 is 4.90 Å². The van der Waals surface area contributed by atoms with E-state index in [9.17, 15) is 0 Å². The van der Waals surface area contributed by atoms with Gasteiger partial charge in [0.25, 0.3) is 0 Å². The molecule has 4 nitrogen and oxygen atoms in total. The van der Waals surface area contributed by atoms with Gasteiger partial charge in [-0.1, -0.05) is 6.42 Å². The molecular weight excluding hydrogens is 250 g/mol. The second-order valence-electron chi connectivity index (χ2n) is 6.04. The van der Waals surface area contributed by atoms with Crippen LogP contribution >= 0.6 is 0 Å². The number of fused-ring (bicyclic) bond motifs is 1. The van der Waals surface area contributed by atoms with E-state index in [-0.39, 0.29) is 0 Å². The molecule has 2 aliphatic rings. The van der Waals surface area contributed by atoms with Crippen LogP contribution in [0.25, 0.3) is 0 Å². The highest BCUT2D eigenvalue weighted by Crippen LogP contribution is 2.32. The summed E-state index contributed by atoms with van der Waals surface area (Å²) in [6.07, 6.45) is 12.3. The molecule has 2 heterocycles. The van der Waals surface area contributed by atoms with Crippen molar-refractivity contribution >= 4 is 5.82 Å². The topological polar surface area (TPSA) is 49.2 Å². The number of hydrogen-bond donors (Lipinski definition) is 1. The van der Waals surface area contributed by atoms with E-state index >= 15 is 0 Å². The first-order valence-corrected chi connectivity index (χ1v) is 8.10. The summed E-state index contributed by atoms with van der Waals surface area (Å²) in [5.41, 5.74) is 2.68. The Morgan fingerprint density at radius 2 is 2.05 bits per heavy atom. The van der Waals surface area contributed by atoms with Crippen molar-refractivity contribution in [2.45, 2.75) is 63.8 Å². The number of rotatable bonds is 4. The van der Waals surface area contributed by atoms with Crippen LogP contribution in [0.1, 0.15) is 56.2 Å². The van der Waals surface area contributed by atoms with Gasteiger partial charge in [0.1, 0.15) is 12.1 Å². The summed E-state index contributed by atoms with van der Waals surface area (Å²) in [5.74, 6) is 1.19. The minimum Gasteiger partial charge on any atom is -0.396 e. The second-order valence-corrected chi connectivity index (χ2v) is 6.04. The predicted molar refractivity (Wildman–Crippen MR) is 80.0 cm³/mol. The largest absolute Gasteiger partial charge is 0.396 e. The SMILES string of the molecule is OCCCC1CCCN1c1ncnc2c1CCCCC2. The van der Waals surface area contributed by atoms with E-state index in [1.807, 2.05) is 0 Å². The lowest BCUT2D eigenvalue weighted by Crippen LogP contribution is -2.31. The van der Waals surface area contributed by atoms with E-state index < -0.39 is 0 Å². The van der Waals surface area contributed by atoms with E-state index in [1.165, 1.54) is 49.2 Å². The van der Waals surface area contributed by atoms with E-state index in [1.54, 1.807) is 6.33 Å². The van der Waals surface area contributed by atoms with Gasteiger partial charge in [-0.2, -0.15) is 0 Å². The Labute approximate surface area is 121 Å². The molecule has 0 saturated carbocycles. The minimum atomic E-state index is 0.298. The maximum atomic E-state index is 9.07. The molecule has 1 aromatic heterocycles. The molecule has 1 atom stereocenters. The number of aryl methyl sites for hydroxylation is 1. The van der Waals surface area contributed by atoms with Crippen molar-refractivity contribution in [2.24, 2.45) is 0 Å². The molecule has 1 aliphatic carbocycles. The predicted octanol–water partition coefficient (Wildman–Crippen LogP) is 2.49. The maximum Gasteiger partial charge on any atom is 0.135 e. The van der Waals surface area contributed by atoms with Gasteiger partial charge < -0.3 is 10.0 Å². The third-order valence-corrected chi connectivity index (χ3v) is 4.70. The molecule has 0 bridgehead atoms. The Hall–Kier alpha value is -1.16. The molecule has 1 unspecified atom stereocenters. The molecule has 110 valence electrons. The van der Waals surface area contributed by atoms with Gasteiger partial charge in [0.15, 0.2) is 0 Å². The summed E-state index contributed by atoms with van der Waals surface area (Å²) < 4.78 is 0. The summed E-state index contributed by atoms with van der Waals surface area (Å²) in [7, 11) is 0. The van der Waals surface area contributed by atoms with Crippen LogP contribution in [0.2, 0.25) is 0 Å². The van der Waals surface area contributed by atoms with Gasteiger partial charge in [-0.3, -0.25) is 0 Å². The van der Waals surface area contributed by atoms with Crippen LogP contribution in [0.15, 0.2) is 6.33 Å². The van der Waals surface area contributed by atoms with Gasteiger partial charge >= 0.3 is 0 Å². The van der Waals surface area contributed by atoms with Gasteiger partial charge in [0, 0.05) is 30.5 Å². The van der Waals surface area contributed by atoms with Crippen LogP contribution in [-0.2, 0) is 12.8 Å². The van der Waals surface area contributed by atoms with E-state index in [2.05, 4.69) is 14.9 Å².